The van der Waals surface area contributed by atoms with Crippen LogP contribution in [-0.4, -0.2) is 25.7 Å². The fraction of sp³-hybridized carbons (Fsp3) is 0.500. The van der Waals surface area contributed by atoms with Crippen molar-refractivity contribution in [1.29, 1.82) is 0 Å². The summed E-state index contributed by atoms with van der Waals surface area (Å²) in [6, 6.07) is 3.76. The lowest BCUT2D eigenvalue weighted by Crippen LogP contribution is -2.30. The number of hydrogen-bond acceptors (Lipinski definition) is 4. The third-order valence-corrected chi connectivity index (χ3v) is 4.43. The number of benzene rings is 1. The van der Waals surface area contributed by atoms with Gasteiger partial charge in [0.05, 0.1) is 11.4 Å². The summed E-state index contributed by atoms with van der Waals surface area (Å²) in [5.74, 6) is 0. The Hall–Kier alpha value is -1.48. The lowest BCUT2D eigenvalue weighted by atomic mass is 10.1. The molecule has 1 aromatic rings. The molecule has 0 aliphatic carbocycles. The van der Waals surface area contributed by atoms with Gasteiger partial charge in [0.25, 0.3) is 0 Å². The maximum absolute atomic E-state index is 12.6. The van der Waals surface area contributed by atoms with E-state index in [0.717, 1.165) is 6.07 Å². The van der Waals surface area contributed by atoms with Gasteiger partial charge in [0, 0.05) is 10.6 Å². The highest BCUT2D eigenvalue weighted by Gasteiger charge is 2.46. The Balaban J connectivity index is 3.30. The van der Waals surface area contributed by atoms with Gasteiger partial charge in [-0.05, 0) is 38.0 Å². The van der Waals surface area contributed by atoms with Crippen molar-refractivity contribution in [1.82, 2.24) is 0 Å². The molecule has 1 unspecified atom stereocenters. The monoisotopic (exact) mass is 386 g/mol. The first-order chi connectivity index (χ1) is 11.0. The number of hydrogen-bond donors (Lipinski definition) is 1. The summed E-state index contributed by atoms with van der Waals surface area (Å²) in [7, 11) is -5.55. The van der Waals surface area contributed by atoms with Crippen molar-refractivity contribution in [3.05, 3.63) is 28.8 Å². The van der Waals surface area contributed by atoms with Crippen LogP contribution in [0.25, 0.3) is 0 Å². The largest absolute Gasteiger partial charge is 0.516 e. The third kappa shape index (κ3) is 5.27. The third-order valence-electron chi connectivity index (χ3n) is 3.09. The molecule has 0 radical (unpaired) electrons. The van der Waals surface area contributed by atoms with Crippen LogP contribution in [0.15, 0.2) is 23.4 Å². The summed E-state index contributed by atoms with van der Waals surface area (Å²) >= 11 is 5.87. The summed E-state index contributed by atoms with van der Waals surface area (Å²) in [4.78, 5) is 5.24. The molecule has 5 nitrogen and oxygen atoms in total. The smallest absolute Gasteiger partial charge is 0.393 e. The van der Waals surface area contributed by atoms with Gasteiger partial charge in [-0.15, -0.1) is 0 Å². The molecule has 136 valence electrons. The molecule has 10 heteroatoms. The van der Waals surface area contributed by atoms with Crippen molar-refractivity contribution in [3.8, 4) is 0 Å². The Morgan fingerprint density at radius 1 is 1.38 bits per heavy atom. The molecule has 0 fully saturated rings. The van der Waals surface area contributed by atoms with Crippen molar-refractivity contribution in [2.75, 3.05) is 4.72 Å². The topological polar surface area (TPSA) is 67.8 Å². The number of alkyl halides is 3. The number of sulfonamides is 1. The zero-order valence-corrected chi connectivity index (χ0v) is 14.9. The van der Waals surface area contributed by atoms with Gasteiger partial charge in [-0.1, -0.05) is 30.6 Å². The lowest BCUT2D eigenvalue weighted by Gasteiger charge is -2.16. The molecule has 0 saturated heterocycles. The van der Waals surface area contributed by atoms with Crippen molar-refractivity contribution in [2.24, 2.45) is 5.16 Å². The van der Waals surface area contributed by atoms with Gasteiger partial charge in [0.15, 0.2) is 0 Å². The molecule has 0 aliphatic heterocycles. The number of nitrogens with zero attached hydrogens (tertiary/aromatic N) is 1. The number of nitrogens with one attached hydrogen (secondary N) is 1. The lowest BCUT2D eigenvalue weighted by molar-refractivity contribution is -0.0429. The fourth-order valence-electron chi connectivity index (χ4n) is 1.58. The molecule has 0 aliphatic rings. The normalized spacial score (nSPS) is 14.4. The van der Waals surface area contributed by atoms with Crippen LogP contribution in [0.5, 0.6) is 0 Å². The van der Waals surface area contributed by atoms with E-state index in [9.17, 15) is 21.6 Å². The Bertz CT molecular complexity index is 706. The SMILES string of the molecule is CCC(=NOC(C)CC)c1cc(Cl)ccc1NS(=O)(=O)C(F)(F)F. The number of oxime groups is 1. The average molecular weight is 387 g/mol. The minimum atomic E-state index is -5.55. The maximum atomic E-state index is 12.6. The molecule has 1 rings (SSSR count). The summed E-state index contributed by atoms with van der Waals surface area (Å²) in [5.41, 5.74) is -5.30. The molecule has 24 heavy (non-hydrogen) atoms. The molecular weight excluding hydrogens is 369 g/mol. The molecule has 1 N–H and O–H groups in total. The standard InChI is InChI=1S/C14H18ClF3N2O3S/c1-4-9(3)23-19-12(5-2)11-8-10(15)6-7-13(11)20-24(21,22)14(16,17)18/h6-9,20H,4-5H2,1-3H3. The minimum absolute atomic E-state index is 0.126. The van der Waals surface area contributed by atoms with Crippen molar-refractivity contribution >= 4 is 33.0 Å². The zero-order valence-electron chi connectivity index (χ0n) is 13.3. The van der Waals surface area contributed by atoms with Crippen LogP contribution >= 0.6 is 11.6 Å². The van der Waals surface area contributed by atoms with Crippen molar-refractivity contribution in [3.63, 3.8) is 0 Å². The molecule has 1 atom stereocenters. The summed E-state index contributed by atoms with van der Waals surface area (Å²) in [6.45, 7) is 5.37. The quantitative estimate of drug-likeness (QED) is 0.553. The molecule has 1 aromatic carbocycles. The highest BCUT2D eigenvalue weighted by atomic mass is 35.5. The van der Waals surface area contributed by atoms with E-state index in [0.29, 0.717) is 12.8 Å². The first kappa shape index (κ1) is 20.6. The Kier molecular flexibility index (Phi) is 6.91. The van der Waals surface area contributed by atoms with Gasteiger partial charge in [-0.25, -0.2) is 0 Å². The first-order valence-corrected chi connectivity index (χ1v) is 8.99. The van der Waals surface area contributed by atoms with E-state index in [1.807, 2.05) is 6.92 Å². The number of halogens is 4. The molecule has 0 amide bonds. The van der Waals surface area contributed by atoms with Gasteiger partial charge >= 0.3 is 15.5 Å². The predicted octanol–water partition coefficient (Wildman–Crippen LogP) is 4.53. The fourth-order valence-corrected chi connectivity index (χ4v) is 2.33. The maximum Gasteiger partial charge on any atom is 0.516 e. The van der Waals surface area contributed by atoms with E-state index in [2.05, 4.69) is 5.16 Å². The van der Waals surface area contributed by atoms with E-state index >= 15 is 0 Å². The molecule has 0 bridgehead atoms. The second-order valence-electron chi connectivity index (χ2n) is 4.96. The van der Waals surface area contributed by atoms with Crippen LogP contribution in [-0.2, 0) is 14.9 Å². The van der Waals surface area contributed by atoms with E-state index in [-0.39, 0.29) is 28.1 Å². The second-order valence-corrected chi connectivity index (χ2v) is 7.07. The van der Waals surface area contributed by atoms with Crippen LogP contribution in [0.1, 0.15) is 39.2 Å². The van der Waals surface area contributed by atoms with Crippen LogP contribution in [0.4, 0.5) is 18.9 Å². The number of anilines is 1. The highest BCUT2D eigenvalue weighted by molar-refractivity contribution is 7.93. The van der Waals surface area contributed by atoms with Crippen LogP contribution in [0.3, 0.4) is 0 Å². The van der Waals surface area contributed by atoms with Gasteiger partial charge in [0.1, 0.15) is 6.10 Å². The van der Waals surface area contributed by atoms with Gasteiger partial charge in [-0.2, -0.15) is 21.6 Å². The molecule has 0 aromatic heterocycles. The van der Waals surface area contributed by atoms with E-state index < -0.39 is 15.5 Å². The van der Waals surface area contributed by atoms with Crippen LogP contribution < -0.4 is 4.72 Å². The highest BCUT2D eigenvalue weighted by Crippen LogP contribution is 2.29. The molecule has 0 saturated carbocycles. The summed E-state index contributed by atoms with van der Waals surface area (Å²) < 4.78 is 62.0. The second kappa shape index (κ2) is 8.06. The van der Waals surface area contributed by atoms with Crippen LogP contribution in [0, 0.1) is 0 Å². The van der Waals surface area contributed by atoms with Crippen molar-refractivity contribution in [2.45, 2.75) is 45.2 Å². The zero-order chi connectivity index (χ0) is 18.5. The Labute approximate surface area is 143 Å². The number of rotatable bonds is 7. The van der Waals surface area contributed by atoms with E-state index in [4.69, 9.17) is 16.4 Å². The summed E-state index contributed by atoms with van der Waals surface area (Å²) in [5, 5.41) is 4.15. The molecule has 0 heterocycles. The van der Waals surface area contributed by atoms with E-state index in [1.165, 1.54) is 16.9 Å². The summed E-state index contributed by atoms with van der Waals surface area (Å²) in [6.07, 6.45) is 0.794. The Morgan fingerprint density at radius 2 is 2.00 bits per heavy atom. The molecular formula is C14H18ClF3N2O3S. The van der Waals surface area contributed by atoms with Gasteiger partial charge < -0.3 is 4.84 Å². The van der Waals surface area contributed by atoms with Crippen molar-refractivity contribution < 1.29 is 26.4 Å². The minimum Gasteiger partial charge on any atom is -0.393 e. The van der Waals surface area contributed by atoms with Gasteiger partial charge in [0.2, 0.25) is 0 Å². The van der Waals surface area contributed by atoms with Gasteiger partial charge in [-0.3, -0.25) is 4.72 Å². The first-order valence-electron chi connectivity index (χ1n) is 7.13. The predicted molar refractivity (Wildman–Crippen MR) is 87.7 cm³/mol. The Morgan fingerprint density at radius 3 is 2.50 bits per heavy atom. The average Bonchev–Trinajstić information content (AvgIpc) is 2.48. The van der Waals surface area contributed by atoms with Crippen LogP contribution in [0.2, 0.25) is 5.02 Å². The molecule has 0 spiro atoms. The van der Waals surface area contributed by atoms with E-state index in [1.54, 1.807) is 13.8 Å².